The summed E-state index contributed by atoms with van der Waals surface area (Å²) in [6, 6.07) is 8.36. The quantitative estimate of drug-likeness (QED) is 0.499. The first kappa shape index (κ1) is 29.4. The van der Waals surface area contributed by atoms with Crippen LogP contribution in [0.1, 0.15) is 61.0 Å². The smallest absolute Gasteiger partial charge is 0.331 e. The predicted octanol–water partition coefficient (Wildman–Crippen LogP) is 4.02. The highest BCUT2D eigenvalue weighted by atomic mass is 16.5. The Bertz CT molecular complexity index is 884. The molecule has 190 valence electrons. The third-order valence-corrected chi connectivity index (χ3v) is 6.28. The van der Waals surface area contributed by atoms with Crippen molar-refractivity contribution in [1.29, 1.82) is 0 Å². The lowest BCUT2D eigenvalue weighted by Gasteiger charge is -2.39. The number of hydrogen-bond donors (Lipinski definition) is 2. The molecule has 0 spiro atoms. The van der Waals surface area contributed by atoms with Crippen molar-refractivity contribution in [2.45, 2.75) is 79.0 Å². The fraction of sp³-hybridized carbons (Fsp3) is 0.593. The molecule has 2 amide bonds. The number of hydrogen-bond acceptors (Lipinski definition) is 4. The fourth-order valence-electron chi connectivity index (χ4n) is 4.04. The first-order valence-corrected chi connectivity index (χ1v) is 11.6. The van der Waals surface area contributed by atoms with E-state index in [0.29, 0.717) is 0 Å². The van der Waals surface area contributed by atoms with E-state index in [1.807, 2.05) is 78.8 Å². The van der Waals surface area contributed by atoms with E-state index in [9.17, 15) is 19.5 Å². The van der Waals surface area contributed by atoms with E-state index in [4.69, 9.17) is 4.74 Å². The Balaban J connectivity index is 3.29. The number of benzene rings is 1. The zero-order chi connectivity index (χ0) is 26.4. The highest BCUT2D eigenvalue weighted by Crippen LogP contribution is 2.30. The van der Waals surface area contributed by atoms with Crippen molar-refractivity contribution in [3.05, 3.63) is 47.5 Å². The van der Waals surface area contributed by atoms with E-state index in [1.165, 1.54) is 18.9 Å². The van der Waals surface area contributed by atoms with Gasteiger partial charge in [0.05, 0.1) is 6.04 Å². The Labute approximate surface area is 204 Å². The Morgan fingerprint density at radius 1 is 1.06 bits per heavy atom. The molecule has 0 fully saturated rings. The highest BCUT2D eigenvalue weighted by Gasteiger charge is 2.42. The number of rotatable bonds is 10. The van der Waals surface area contributed by atoms with Crippen LogP contribution >= 0.6 is 0 Å². The van der Waals surface area contributed by atoms with Crippen molar-refractivity contribution in [2.75, 3.05) is 14.2 Å². The second-order valence-corrected chi connectivity index (χ2v) is 10.8. The molecule has 0 aliphatic carbocycles. The summed E-state index contributed by atoms with van der Waals surface area (Å²) >= 11 is 0. The molecule has 1 rings (SSSR count). The monoisotopic (exact) mass is 474 g/mol. The average Bonchev–Trinajstić information content (AvgIpc) is 2.74. The van der Waals surface area contributed by atoms with E-state index in [0.717, 1.165) is 5.56 Å². The number of amides is 2. The van der Waals surface area contributed by atoms with Crippen LogP contribution in [0, 0.1) is 11.3 Å². The minimum atomic E-state index is -1.03. The molecule has 2 N–H and O–H groups in total. The van der Waals surface area contributed by atoms with Crippen molar-refractivity contribution in [3.63, 3.8) is 0 Å². The summed E-state index contributed by atoms with van der Waals surface area (Å²) in [5.41, 5.74) is -0.122. The molecule has 0 unspecified atom stereocenters. The second kappa shape index (κ2) is 11.6. The molecule has 0 aliphatic heterocycles. The van der Waals surface area contributed by atoms with Crippen molar-refractivity contribution in [1.82, 2.24) is 10.2 Å². The van der Waals surface area contributed by atoms with Crippen LogP contribution in [0.5, 0.6) is 0 Å². The number of nitrogens with one attached hydrogen (secondary N) is 1. The molecule has 34 heavy (non-hydrogen) atoms. The summed E-state index contributed by atoms with van der Waals surface area (Å²) in [6.07, 6.45) is 0.760. The Hall–Kier alpha value is -2.67. The van der Waals surface area contributed by atoms with Gasteiger partial charge in [-0.3, -0.25) is 9.59 Å². The zero-order valence-electron chi connectivity index (χ0n) is 22.3. The molecule has 0 radical (unpaired) electrons. The van der Waals surface area contributed by atoms with Crippen molar-refractivity contribution >= 4 is 17.8 Å². The first-order chi connectivity index (χ1) is 15.5. The Morgan fingerprint density at radius 2 is 1.59 bits per heavy atom. The number of carbonyl (C=O) groups is 3. The predicted molar refractivity (Wildman–Crippen MR) is 134 cm³/mol. The lowest BCUT2D eigenvalue weighted by molar-refractivity contribution is -0.144. The van der Waals surface area contributed by atoms with Crippen molar-refractivity contribution in [2.24, 2.45) is 11.3 Å². The van der Waals surface area contributed by atoms with Crippen LogP contribution in [0.2, 0.25) is 0 Å². The van der Waals surface area contributed by atoms with Crippen LogP contribution in [0.15, 0.2) is 42.0 Å². The molecule has 0 heterocycles. The number of methoxy groups -OCH3 is 1. The van der Waals surface area contributed by atoms with Crippen LogP contribution in [0.25, 0.3) is 0 Å². The number of carboxylic acid groups (broad SMARTS) is 1. The Morgan fingerprint density at radius 3 is 2.00 bits per heavy atom. The minimum absolute atomic E-state index is 0.0247. The van der Waals surface area contributed by atoms with E-state index < -0.39 is 35.0 Å². The molecule has 0 aromatic heterocycles. The lowest BCUT2D eigenvalue weighted by Crippen LogP contribution is -2.59. The van der Waals surface area contributed by atoms with Gasteiger partial charge in [-0.2, -0.15) is 0 Å². The second-order valence-electron chi connectivity index (χ2n) is 10.8. The first-order valence-electron chi connectivity index (χ1n) is 11.6. The Kier molecular flexibility index (Phi) is 10.1. The molecular formula is C27H42N2O5. The van der Waals surface area contributed by atoms with Crippen LogP contribution < -0.4 is 5.32 Å². The third-order valence-electron chi connectivity index (χ3n) is 6.28. The van der Waals surface area contributed by atoms with Crippen LogP contribution in [0.4, 0.5) is 0 Å². The molecule has 0 saturated carbocycles. The van der Waals surface area contributed by atoms with Gasteiger partial charge in [0.25, 0.3) is 5.91 Å². The van der Waals surface area contributed by atoms with Crippen molar-refractivity contribution < 1.29 is 24.2 Å². The number of aliphatic carboxylic acids is 1. The topological polar surface area (TPSA) is 95.9 Å². The van der Waals surface area contributed by atoms with Crippen molar-refractivity contribution in [3.8, 4) is 0 Å². The molecule has 3 atom stereocenters. The maximum absolute atomic E-state index is 13.6. The van der Waals surface area contributed by atoms with E-state index in [-0.39, 0.29) is 23.3 Å². The molecular weight excluding hydrogens is 432 g/mol. The van der Waals surface area contributed by atoms with Gasteiger partial charge >= 0.3 is 5.97 Å². The zero-order valence-corrected chi connectivity index (χ0v) is 22.3. The van der Waals surface area contributed by atoms with Gasteiger partial charge in [0, 0.05) is 25.1 Å². The summed E-state index contributed by atoms with van der Waals surface area (Å²) in [5.74, 6) is -1.72. The van der Waals surface area contributed by atoms with Crippen LogP contribution in [-0.4, -0.2) is 60.1 Å². The van der Waals surface area contributed by atoms with Crippen LogP contribution in [0.3, 0.4) is 0 Å². The SMILES string of the molecule is CO[C@H](C(=O)N[C@H](C(=O)N(C)[C@H](/C=C(\C)C(=O)O)C(C)C)C(C)(C)C)C(C)(C)c1ccccc1. The normalized spacial score (nSPS) is 15.4. The fourth-order valence-corrected chi connectivity index (χ4v) is 4.04. The largest absolute Gasteiger partial charge is 0.478 e. The molecule has 1 aromatic rings. The molecule has 7 heteroatoms. The summed E-state index contributed by atoms with van der Waals surface area (Å²) in [6.45, 7) is 14.9. The molecule has 0 aliphatic rings. The third kappa shape index (κ3) is 7.16. The summed E-state index contributed by atoms with van der Waals surface area (Å²) in [5, 5.41) is 12.2. The number of nitrogens with zero attached hydrogens (tertiary/aromatic N) is 1. The van der Waals surface area contributed by atoms with Gasteiger partial charge in [0.15, 0.2) is 0 Å². The number of likely N-dealkylation sites (N-methyl/N-ethyl adjacent to an activating group) is 1. The van der Waals surface area contributed by atoms with Gasteiger partial charge in [-0.15, -0.1) is 0 Å². The highest BCUT2D eigenvalue weighted by molar-refractivity contribution is 5.91. The molecule has 1 aromatic carbocycles. The maximum atomic E-state index is 13.6. The van der Waals surface area contributed by atoms with E-state index >= 15 is 0 Å². The van der Waals surface area contributed by atoms with Gasteiger partial charge in [0.2, 0.25) is 5.91 Å². The average molecular weight is 475 g/mol. The van der Waals surface area contributed by atoms with Gasteiger partial charge in [-0.25, -0.2) is 4.79 Å². The maximum Gasteiger partial charge on any atom is 0.331 e. The summed E-state index contributed by atoms with van der Waals surface area (Å²) < 4.78 is 5.64. The minimum Gasteiger partial charge on any atom is -0.478 e. The number of carbonyl (C=O) groups excluding carboxylic acids is 2. The summed E-state index contributed by atoms with van der Waals surface area (Å²) in [4.78, 5) is 40.0. The van der Waals surface area contributed by atoms with Gasteiger partial charge in [0.1, 0.15) is 12.1 Å². The standard InChI is InChI=1S/C27H42N2O5/c1-17(2)20(16-18(3)25(32)33)29(9)24(31)21(26(4,5)6)28-23(30)22(34-10)27(7,8)19-14-12-11-13-15-19/h11-17,20-22H,1-10H3,(H,28,30)(H,32,33)/b18-16+/t20-,21-,22-/m1/s1. The van der Waals surface area contributed by atoms with Crippen LogP contribution in [-0.2, 0) is 24.5 Å². The molecule has 0 bridgehead atoms. The van der Waals surface area contributed by atoms with E-state index in [2.05, 4.69) is 5.32 Å². The van der Waals surface area contributed by atoms with Gasteiger partial charge in [-0.05, 0) is 23.8 Å². The molecule has 7 nitrogen and oxygen atoms in total. The van der Waals surface area contributed by atoms with E-state index in [1.54, 1.807) is 13.1 Å². The number of ether oxygens (including phenoxy) is 1. The summed E-state index contributed by atoms with van der Waals surface area (Å²) in [7, 11) is 3.13. The number of carboxylic acids is 1. The molecule has 0 saturated heterocycles. The van der Waals surface area contributed by atoms with Gasteiger partial charge in [-0.1, -0.05) is 84.9 Å². The lowest BCUT2D eigenvalue weighted by atomic mass is 9.78. The van der Waals surface area contributed by atoms with Gasteiger partial charge < -0.3 is 20.1 Å².